The zero-order valence-electron chi connectivity index (χ0n) is 29.6. The monoisotopic (exact) mass is 680 g/mol. The molecule has 0 saturated carbocycles. The molecule has 0 amide bonds. The van der Waals surface area contributed by atoms with Crippen molar-refractivity contribution >= 4 is 38.9 Å². The van der Waals surface area contributed by atoms with E-state index in [0.29, 0.717) is 5.89 Å². The number of benzene rings is 8. The highest BCUT2D eigenvalue weighted by Crippen LogP contribution is 2.50. The molecule has 3 heteroatoms. The van der Waals surface area contributed by atoms with Crippen LogP contribution in [0.25, 0.3) is 66.7 Å². The standard InChI is InChI=1S/C50H36N2O/c1-50(2)44-19-10-9-17-42(44)43-32-40(29-30-45(43)50)52(38-25-20-34(21-26-38)33-12-5-3-6-13-33)39-27-22-35(23-28-39)41-18-11-16-36-24-31-46-48(47(36)41)53-49(51-46)37-14-7-4-8-15-37/h3-32H,1-2H3. The Bertz CT molecular complexity index is 2780. The van der Waals surface area contributed by atoms with Gasteiger partial charge in [0.25, 0.3) is 0 Å². The molecule has 0 N–H and O–H groups in total. The lowest BCUT2D eigenvalue weighted by Gasteiger charge is -2.27. The van der Waals surface area contributed by atoms with Crippen LogP contribution in [0.5, 0.6) is 0 Å². The number of fused-ring (bicyclic) bond motifs is 6. The summed E-state index contributed by atoms with van der Waals surface area (Å²) in [5.74, 6) is 0.632. The second-order valence-corrected chi connectivity index (χ2v) is 14.4. The quantitative estimate of drug-likeness (QED) is 0.175. The lowest BCUT2D eigenvalue weighted by Crippen LogP contribution is -2.15. The fraction of sp³-hybridized carbons (Fsp3) is 0.0600. The van der Waals surface area contributed by atoms with Gasteiger partial charge in [-0.2, -0.15) is 0 Å². The van der Waals surface area contributed by atoms with E-state index in [2.05, 4.69) is 170 Å². The van der Waals surface area contributed by atoms with E-state index < -0.39 is 0 Å². The van der Waals surface area contributed by atoms with Crippen LogP contribution in [-0.4, -0.2) is 4.98 Å². The van der Waals surface area contributed by atoms with Gasteiger partial charge in [-0.25, -0.2) is 4.98 Å². The molecule has 1 aromatic heterocycles. The second-order valence-electron chi connectivity index (χ2n) is 14.4. The van der Waals surface area contributed by atoms with E-state index in [1.807, 2.05) is 30.3 Å². The lowest BCUT2D eigenvalue weighted by molar-refractivity contribution is 0.623. The van der Waals surface area contributed by atoms with Crippen molar-refractivity contribution < 1.29 is 4.42 Å². The Morgan fingerprint density at radius 3 is 1.77 bits per heavy atom. The number of oxazole rings is 1. The van der Waals surface area contributed by atoms with Crippen molar-refractivity contribution in [2.75, 3.05) is 4.90 Å². The van der Waals surface area contributed by atoms with Gasteiger partial charge < -0.3 is 9.32 Å². The average molecular weight is 681 g/mol. The van der Waals surface area contributed by atoms with E-state index in [9.17, 15) is 0 Å². The summed E-state index contributed by atoms with van der Waals surface area (Å²) in [4.78, 5) is 7.24. The molecule has 0 saturated heterocycles. The third-order valence-electron chi connectivity index (χ3n) is 10.9. The zero-order valence-corrected chi connectivity index (χ0v) is 29.6. The fourth-order valence-corrected chi connectivity index (χ4v) is 8.22. The van der Waals surface area contributed by atoms with Crippen molar-refractivity contribution in [3.8, 4) is 44.8 Å². The summed E-state index contributed by atoms with van der Waals surface area (Å²) < 4.78 is 6.51. The van der Waals surface area contributed by atoms with E-state index in [1.165, 1.54) is 33.4 Å². The first kappa shape index (κ1) is 31.1. The summed E-state index contributed by atoms with van der Waals surface area (Å²) in [6, 6.07) is 65.0. The Balaban J connectivity index is 1.09. The minimum Gasteiger partial charge on any atom is -0.435 e. The molecule has 252 valence electrons. The minimum atomic E-state index is -0.0521. The van der Waals surface area contributed by atoms with E-state index in [4.69, 9.17) is 9.40 Å². The van der Waals surface area contributed by atoms with Gasteiger partial charge in [-0.15, -0.1) is 0 Å². The molecule has 0 fully saturated rings. The Labute approximate surface area is 309 Å². The van der Waals surface area contributed by atoms with Gasteiger partial charge in [0.1, 0.15) is 5.52 Å². The molecule has 53 heavy (non-hydrogen) atoms. The number of rotatable bonds is 6. The third-order valence-corrected chi connectivity index (χ3v) is 10.9. The van der Waals surface area contributed by atoms with Crippen molar-refractivity contribution in [2.24, 2.45) is 0 Å². The minimum absolute atomic E-state index is 0.0521. The molecule has 10 rings (SSSR count). The first-order valence-electron chi connectivity index (χ1n) is 18.2. The van der Waals surface area contributed by atoms with Crippen molar-refractivity contribution in [1.82, 2.24) is 4.98 Å². The molecule has 0 bridgehead atoms. The first-order valence-corrected chi connectivity index (χ1v) is 18.2. The molecule has 3 nitrogen and oxygen atoms in total. The van der Waals surface area contributed by atoms with Gasteiger partial charge in [-0.1, -0.05) is 141 Å². The molecule has 1 aliphatic carbocycles. The molecule has 9 aromatic rings. The number of nitrogens with zero attached hydrogens (tertiary/aromatic N) is 2. The Kier molecular flexibility index (Phi) is 7.16. The van der Waals surface area contributed by atoms with E-state index in [0.717, 1.165) is 55.6 Å². The van der Waals surface area contributed by atoms with E-state index in [1.54, 1.807) is 0 Å². The second kappa shape index (κ2) is 12.2. The molecule has 8 aromatic carbocycles. The highest BCUT2D eigenvalue weighted by molar-refractivity contribution is 6.11. The van der Waals surface area contributed by atoms with Crippen LogP contribution in [0.4, 0.5) is 17.1 Å². The number of hydrogen-bond donors (Lipinski definition) is 0. The molecule has 1 aliphatic rings. The van der Waals surface area contributed by atoms with Crippen molar-refractivity contribution in [1.29, 1.82) is 0 Å². The summed E-state index contributed by atoms with van der Waals surface area (Å²) in [7, 11) is 0. The normalized spacial score (nSPS) is 12.9. The van der Waals surface area contributed by atoms with Crippen LogP contribution < -0.4 is 4.90 Å². The van der Waals surface area contributed by atoms with E-state index >= 15 is 0 Å². The predicted octanol–water partition coefficient (Wildman–Crippen LogP) is 13.8. The van der Waals surface area contributed by atoms with Gasteiger partial charge in [0.2, 0.25) is 5.89 Å². The van der Waals surface area contributed by atoms with Crippen molar-refractivity contribution in [3.63, 3.8) is 0 Å². The van der Waals surface area contributed by atoms with Gasteiger partial charge in [-0.05, 0) is 104 Å². The largest absolute Gasteiger partial charge is 0.435 e. The van der Waals surface area contributed by atoms with Crippen LogP contribution in [0.3, 0.4) is 0 Å². The van der Waals surface area contributed by atoms with Crippen LogP contribution in [0.15, 0.2) is 186 Å². The first-order chi connectivity index (χ1) is 26.0. The van der Waals surface area contributed by atoms with Gasteiger partial charge in [0, 0.05) is 33.4 Å². The summed E-state index contributed by atoms with van der Waals surface area (Å²) in [5.41, 5.74) is 15.9. The zero-order chi connectivity index (χ0) is 35.5. The molecule has 0 radical (unpaired) electrons. The molecular formula is C50H36N2O. The van der Waals surface area contributed by atoms with Gasteiger partial charge in [0.15, 0.2) is 5.58 Å². The highest BCUT2D eigenvalue weighted by atomic mass is 16.3. The molecule has 1 heterocycles. The summed E-state index contributed by atoms with van der Waals surface area (Å²) >= 11 is 0. The van der Waals surface area contributed by atoms with Crippen LogP contribution in [0.1, 0.15) is 25.0 Å². The summed E-state index contributed by atoms with van der Waals surface area (Å²) in [5, 5.41) is 2.19. The van der Waals surface area contributed by atoms with E-state index in [-0.39, 0.29) is 5.41 Å². The number of aromatic nitrogens is 1. The third kappa shape index (κ3) is 5.16. The Morgan fingerprint density at radius 1 is 0.453 bits per heavy atom. The summed E-state index contributed by atoms with van der Waals surface area (Å²) in [6.45, 7) is 4.66. The lowest BCUT2D eigenvalue weighted by atomic mass is 9.82. The molecule has 0 unspecified atom stereocenters. The van der Waals surface area contributed by atoms with Gasteiger partial charge in [0.05, 0.1) is 0 Å². The predicted molar refractivity (Wildman–Crippen MR) is 220 cm³/mol. The molecule has 0 atom stereocenters. The Morgan fingerprint density at radius 2 is 1.04 bits per heavy atom. The molecule has 0 spiro atoms. The van der Waals surface area contributed by atoms with Gasteiger partial charge in [-0.3, -0.25) is 0 Å². The van der Waals surface area contributed by atoms with Gasteiger partial charge >= 0.3 is 0 Å². The SMILES string of the molecule is CC1(C)c2ccccc2-c2cc(N(c3ccc(-c4ccccc4)cc3)c3ccc(-c4cccc5ccc6nc(-c7ccccc7)oc6c45)cc3)ccc21. The van der Waals surface area contributed by atoms with Crippen LogP contribution in [0, 0.1) is 0 Å². The van der Waals surface area contributed by atoms with Crippen LogP contribution >= 0.6 is 0 Å². The topological polar surface area (TPSA) is 29.3 Å². The van der Waals surface area contributed by atoms with Crippen molar-refractivity contribution in [2.45, 2.75) is 19.3 Å². The van der Waals surface area contributed by atoms with Crippen molar-refractivity contribution in [3.05, 3.63) is 193 Å². The number of hydrogen-bond acceptors (Lipinski definition) is 3. The smallest absolute Gasteiger partial charge is 0.227 e. The summed E-state index contributed by atoms with van der Waals surface area (Å²) in [6.07, 6.45) is 0. The molecular weight excluding hydrogens is 645 g/mol. The average Bonchev–Trinajstić information content (AvgIpc) is 3.76. The maximum Gasteiger partial charge on any atom is 0.227 e. The number of anilines is 3. The fourth-order valence-electron chi connectivity index (χ4n) is 8.22. The van der Waals surface area contributed by atoms with Crippen LogP contribution in [0.2, 0.25) is 0 Å². The van der Waals surface area contributed by atoms with Crippen LogP contribution in [-0.2, 0) is 5.41 Å². The molecule has 0 aliphatic heterocycles. The maximum absolute atomic E-state index is 6.51. The maximum atomic E-state index is 6.51. The Hall–Kier alpha value is -6.71. The highest BCUT2D eigenvalue weighted by Gasteiger charge is 2.35.